The van der Waals surface area contributed by atoms with Gasteiger partial charge < -0.3 is 24.8 Å². The van der Waals surface area contributed by atoms with Gasteiger partial charge in [-0.2, -0.15) is 0 Å². The molecule has 2 aromatic heterocycles. The van der Waals surface area contributed by atoms with Crippen LogP contribution < -0.4 is 19.7 Å². The number of piperidine rings is 1. The molecule has 3 aromatic rings. The number of benzene rings is 1. The Kier molecular flexibility index (Phi) is 5.86. The van der Waals surface area contributed by atoms with Gasteiger partial charge in [0.1, 0.15) is 11.9 Å². The van der Waals surface area contributed by atoms with Gasteiger partial charge in [0.2, 0.25) is 0 Å². The third kappa shape index (κ3) is 4.18. The molecule has 3 fully saturated rings. The second-order valence-corrected chi connectivity index (χ2v) is 11.1. The van der Waals surface area contributed by atoms with E-state index in [2.05, 4.69) is 42.3 Å². The first-order valence-corrected chi connectivity index (χ1v) is 12.9. The Bertz CT molecular complexity index is 1350. The molecule has 10 nitrogen and oxygen atoms in total. The predicted molar refractivity (Wildman–Crippen MR) is 139 cm³/mol. The van der Waals surface area contributed by atoms with Crippen LogP contribution in [0.3, 0.4) is 0 Å². The van der Waals surface area contributed by atoms with E-state index in [1.807, 2.05) is 6.92 Å². The molecule has 3 aliphatic rings. The van der Waals surface area contributed by atoms with Crippen molar-refractivity contribution in [2.75, 3.05) is 19.1 Å². The molecule has 1 saturated carbocycles. The molecular weight excluding hydrogens is 489 g/mol. The van der Waals surface area contributed by atoms with Gasteiger partial charge in [0.05, 0.1) is 43.9 Å². The fourth-order valence-electron chi connectivity index (χ4n) is 6.08. The third-order valence-corrected chi connectivity index (χ3v) is 8.13. The third-order valence-electron chi connectivity index (χ3n) is 8.13. The summed E-state index contributed by atoms with van der Waals surface area (Å²) < 4.78 is 26.2. The number of phenols is 1. The van der Waals surface area contributed by atoms with Gasteiger partial charge in [0, 0.05) is 22.7 Å². The van der Waals surface area contributed by atoms with Crippen molar-refractivity contribution >= 4 is 5.82 Å². The number of fused-ring (bicyclic) bond motifs is 2. The van der Waals surface area contributed by atoms with Crippen molar-refractivity contribution in [3.63, 3.8) is 0 Å². The van der Waals surface area contributed by atoms with Crippen LogP contribution in [0.1, 0.15) is 46.0 Å². The molecule has 2 aliphatic heterocycles. The number of phenolic OH excluding ortho intramolecular Hbond substituents is 1. The maximum absolute atomic E-state index is 15.9. The molecular formula is C27H32FN7O3. The Morgan fingerprint density at radius 1 is 1.05 bits per heavy atom. The van der Waals surface area contributed by atoms with Crippen LogP contribution in [-0.2, 0) is 0 Å². The number of hydrogen-bond donors (Lipinski definition) is 2. The number of rotatable bonds is 7. The zero-order valence-corrected chi connectivity index (χ0v) is 22.0. The second kappa shape index (κ2) is 9.00. The van der Waals surface area contributed by atoms with Crippen LogP contribution in [0, 0.1) is 0 Å². The molecule has 0 radical (unpaired) electrons. The Labute approximate surface area is 220 Å². The van der Waals surface area contributed by atoms with E-state index in [1.54, 1.807) is 30.6 Å². The first-order chi connectivity index (χ1) is 18.2. The van der Waals surface area contributed by atoms with E-state index in [9.17, 15) is 5.11 Å². The summed E-state index contributed by atoms with van der Waals surface area (Å²) in [5.74, 6) is 1.36. The van der Waals surface area contributed by atoms with Crippen LogP contribution in [0.5, 0.6) is 17.5 Å². The van der Waals surface area contributed by atoms with E-state index in [0.29, 0.717) is 29.1 Å². The summed E-state index contributed by atoms with van der Waals surface area (Å²) in [4.78, 5) is 15.2. The monoisotopic (exact) mass is 521 g/mol. The quantitative estimate of drug-likeness (QED) is 0.476. The molecule has 38 heavy (non-hydrogen) atoms. The van der Waals surface area contributed by atoms with Crippen molar-refractivity contribution in [1.29, 1.82) is 0 Å². The zero-order chi connectivity index (χ0) is 26.7. The van der Waals surface area contributed by atoms with Crippen LogP contribution >= 0.6 is 0 Å². The van der Waals surface area contributed by atoms with Crippen molar-refractivity contribution in [2.24, 2.45) is 0 Å². The Balaban J connectivity index is 1.26. The minimum atomic E-state index is -1.02. The molecule has 2 saturated heterocycles. The minimum absolute atomic E-state index is 0.0210. The topological polar surface area (TPSA) is 118 Å². The number of ether oxygens (including phenoxy) is 2. The average molecular weight is 522 g/mol. The van der Waals surface area contributed by atoms with Crippen LogP contribution in [0.25, 0.3) is 22.6 Å². The molecule has 1 aromatic carbocycles. The van der Waals surface area contributed by atoms with Gasteiger partial charge in [-0.25, -0.2) is 19.3 Å². The largest absolute Gasteiger partial charge is 0.507 e. The van der Waals surface area contributed by atoms with E-state index >= 15 is 4.39 Å². The van der Waals surface area contributed by atoms with E-state index in [-0.39, 0.29) is 41.0 Å². The summed E-state index contributed by atoms with van der Waals surface area (Å²) in [6.45, 7) is 4.18. The standard InChI is InChI=1S/C27H32FN7O3/c1-26-9-10-27(2,34-26)22(28)19(12-26)35(16-6-7-16)21-14-29-23(33-32-21)17-8-5-15(11-20(17)36)18-13-30-24(37-3)25(31-18)38-4/h5,8,11,13-14,16,19,22,34,36H,6-7,9-10,12H2,1-4H3/t19-,22-,26-,27+/m1/s1. The Hall–Kier alpha value is -3.60. The van der Waals surface area contributed by atoms with Crippen LogP contribution in [0.4, 0.5) is 10.2 Å². The number of aromatic hydroxyl groups is 1. The van der Waals surface area contributed by atoms with E-state index in [1.165, 1.54) is 14.2 Å². The van der Waals surface area contributed by atoms with Gasteiger partial charge in [-0.1, -0.05) is 6.07 Å². The number of halogens is 1. The highest BCUT2D eigenvalue weighted by molar-refractivity contribution is 5.71. The molecule has 0 unspecified atom stereocenters. The molecule has 1 aliphatic carbocycles. The van der Waals surface area contributed by atoms with Gasteiger partial charge in [0.15, 0.2) is 11.6 Å². The summed E-state index contributed by atoms with van der Waals surface area (Å²) in [7, 11) is 2.97. The molecule has 200 valence electrons. The Morgan fingerprint density at radius 2 is 1.84 bits per heavy atom. The number of methoxy groups -OCH3 is 2. The van der Waals surface area contributed by atoms with Crippen molar-refractivity contribution < 1.29 is 19.0 Å². The predicted octanol–water partition coefficient (Wildman–Crippen LogP) is 3.70. The number of nitrogens with one attached hydrogen (secondary N) is 1. The summed E-state index contributed by atoms with van der Waals surface area (Å²) in [5, 5.41) is 23.1. The molecule has 6 rings (SSSR count). The number of anilines is 1. The van der Waals surface area contributed by atoms with Crippen LogP contribution in [-0.4, -0.2) is 73.8 Å². The van der Waals surface area contributed by atoms with Crippen molar-refractivity contribution in [1.82, 2.24) is 30.5 Å². The van der Waals surface area contributed by atoms with Gasteiger partial charge in [-0.15, -0.1) is 10.2 Å². The minimum Gasteiger partial charge on any atom is -0.507 e. The molecule has 2 N–H and O–H groups in total. The van der Waals surface area contributed by atoms with Gasteiger partial charge in [0.25, 0.3) is 11.8 Å². The number of aromatic nitrogens is 5. The molecule has 4 heterocycles. The van der Waals surface area contributed by atoms with Gasteiger partial charge in [-0.3, -0.25) is 0 Å². The van der Waals surface area contributed by atoms with Gasteiger partial charge in [-0.05, 0) is 58.1 Å². The fourth-order valence-corrected chi connectivity index (χ4v) is 6.08. The number of alkyl halides is 1. The summed E-state index contributed by atoms with van der Waals surface area (Å²) in [6, 6.07) is 5.04. The molecule has 0 spiro atoms. The highest BCUT2D eigenvalue weighted by Crippen LogP contribution is 2.48. The number of nitrogens with zero attached hydrogens (tertiary/aromatic N) is 6. The smallest absolute Gasteiger partial charge is 0.278 e. The second-order valence-electron chi connectivity index (χ2n) is 11.1. The molecule has 4 atom stereocenters. The fraction of sp³-hybridized carbons (Fsp3) is 0.519. The SMILES string of the molecule is COc1ncc(-c2ccc(-c3ncc(N(C4CC4)[C@@H]4C[C@@]5(C)CC[C@](C)(N5)[C@@H]4F)nn3)c(O)c2)nc1OC. The highest BCUT2D eigenvalue weighted by atomic mass is 19.1. The summed E-state index contributed by atoms with van der Waals surface area (Å²) in [5.41, 5.74) is 0.973. The van der Waals surface area contributed by atoms with E-state index in [0.717, 1.165) is 25.7 Å². The lowest BCUT2D eigenvalue weighted by Gasteiger charge is -2.48. The highest BCUT2D eigenvalue weighted by Gasteiger charge is 2.58. The van der Waals surface area contributed by atoms with E-state index < -0.39 is 11.7 Å². The lowest BCUT2D eigenvalue weighted by atomic mass is 9.82. The Morgan fingerprint density at radius 3 is 2.50 bits per heavy atom. The first kappa shape index (κ1) is 24.7. The average Bonchev–Trinajstić information content (AvgIpc) is 3.71. The molecule has 11 heteroatoms. The first-order valence-electron chi connectivity index (χ1n) is 12.9. The zero-order valence-electron chi connectivity index (χ0n) is 22.0. The summed E-state index contributed by atoms with van der Waals surface area (Å²) in [6.07, 6.45) is 6.69. The molecule has 0 amide bonds. The maximum atomic E-state index is 15.9. The maximum Gasteiger partial charge on any atom is 0.278 e. The van der Waals surface area contributed by atoms with Crippen molar-refractivity contribution in [3.05, 3.63) is 30.6 Å². The van der Waals surface area contributed by atoms with E-state index in [4.69, 9.17) is 9.47 Å². The van der Waals surface area contributed by atoms with Crippen LogP contribution in [0.15, 0.2) is 30.6 Å². The van der Waals surface area contributed by atoms with Gasteiger partial charge >= 0.3 is 0 Å². The van der Waals surface area contributed by atoms with Crippen molar-refractivity contribution in [3.8, 4) is 40.2 Å². The normalized spacial score (nSPS) is 28.2. The lowest BCUT2D eigenvalue weighted by Crippen LogP contribution is -2.66. The van der Waals surface area contributed by atoms with Crippen LogP contribution in [0.2, 0.25) is 0 Å². The number of hydrogen-bond acceptors (Lipinski definition) is 10. The lowest BCUT2D eigenvalue weighted by molar-refractivity contribution is 0.0831. The molecule has 2 bridgehead atoms. The summed E-state index contributed by atoms with van der Waals surface area (Å²) >= 11 is 0. The van der Waals surface area contributed by atoms with Crippen molar-refractivity contribution in [2.45, 2.75) is 75.3 Å².